The van der Waals surface area contributed by atoms with Crippen LogP contribution in [-0.4, -0.2) is 34.1 Å². The number of hydrogen-bond donors (Lipinski definition) is 2. The van der Waals surface area contributed by atoms with Gasteiger partial charge in [-0.1, -0.05) is 20.3 Å². The third kappa shape index (κ3) is 4.94. The average molecular weight is 320 g/mol. The second kappa shape index (κ2) is 7.94. The predicted molar refractivity (Wildman–Crippen MR) is 85.5 cm³/mol. The van der Waals surface area contributed by atoms with E-state index in [4.69, 9.17) is 9.84 Å². The monoisotopic (exact) mass is 320 g/mol. The van der Waals surface area contributed by atoms with Gasteiger partial charge in [-0.3, -0.25) is 4.79 Å². The van der Waals surface area contributed by atoms with Crippen molar-refractivity contribution >= 4 is 11.9 Å². The summed E-state index contributed by atoms with van der Waals surface area (Å²) in [6.45, 7) is 3.51. The summed E-state index contributed by atoms with van der Waals surface area (Å²) in [4.78, 5) is 27.6. The molecule has 2 rings (SSSR count). The quantitative estimate of drug-likeness (QED) is 0.841. The Kier molecular flexibility index (Phi) is 5.96. The molecular weight excluding hydrogens is 296 g/mol. The van der Waals surface area contributed by atoms with Crippen LogP contribution in [-0.2, 0) is 4.79 Å². The minimum Gasteiger partial charge on any atom is -0.480 e. The highest BCUT2D eigenvalue weighted by molar-refractivity contribution is 5.96. The zero-order valence-corrected chi connectivity index (χ0v) is 13.6. The van der Waals surface area contributed by atoms with E-state index in [2.05, 4.69) is 10.3 Å². The fraction of sp³-hybridized carbons (Fsp3) is 0.588. The molecule has 1 aromatic heterocycles. The van der Waals surface area contributed by atoms with Crippen LogP contribution in [0.25, 0.3) is 0 Å². The van der Waals surface area contributed by atoms with Crippen LogP contribution in [0.15, 0.2) is 18.3 Å². The van der Waals surface area contributed by atoms with Crippen molar-refractivity contribution in [3.05, 3.63) is 23.9 Å². The van der Waals surface area contributed by atoms with Crippen LogP contribution in [0.4, 0.5) is 0 Å². The highest BCUT2D eigenvalue weighted by atomic mass is 16.5. The van der Waals surface area contributed by atoms with Gasteiger partial charge in [0.2, 0.25) is 5.88 Å². The number of ether oxygens (including phenoxy) is 1. The minimum absolute atomic E-state index is 0.150. The number of aromatic nitrogens is 1. The summed E-state index contributed by atoms with van der Waals surface area (Å²) in [5, 5.41) is 11.7. The average Bonchev–Trinajstić information content (AvgIpc) is 2.53. The molecule has 0 unspecified atom stereocenters. The summed E-state index contributed by atoms with van der Waals surface area (Å²) < 4.78 is 5.84. The van der Waals surface area contributed by atoms with Gasteiger partial charge in [0.15, 0.2) is 0 Å². The van der Waals surface area contributed by atoms with E-state index < -0.39 is 17.9 Å². The normalized spacial score (nSPS) is 16.8. The van der Waals surface area contributed by atoms with Gasteiger partial charge in [0, 0.05) is 17.8 Å². The van der Waals surface area contributed by atoms with Gasteiger partial charge in [0.1, 0.15) is 12.1 Å². The van der Waals surface area contributed by atoms with E-state index in [1.807, 2.05) is 0 Å². The smallest absolute Gasteiger partial charge is 0.326 e. The summed E-state index contributed by atoms with van der Waals surface area (Å²) in [6.07, 6.45) is 7.22. The largest absolute Gasteiger partial charge is 0.480 e. The number of hydrogen-bond acceptors (Lipinski definition) is 4. The number of amides is 1. The van der Waals surface area contributed by atoms with Crippen LogP contribution in [0.1, 0.15) is 56.3 Å². The summed E-state index contributed by atoms with van der Waals surface area (Å²) in [7, 11) is 0. The van der Waals surface area contributed by atoms with Gasteiger partial charge in [-0.05, 0) is 37.7 Å². The van der Waals surface area contributed by atoms with E-state index in [9.17, 15) is 9.59 Å². The fourth-order valence-corrected chi connectivity index (χ4v) is 2.71. The van der Waals surface area contributed by atoms with Crippen LogP contribution in [0, 0.1) is 5.92 Å². The molecule has 0 saturated heterocycles. The van der Waals surface area contributed by atoms with Crippen molar-refractivity contribution in [1.29, 1.82) is 0 Å². The SMILES string of the molecule is CC(C)[C@@H](NC(=O)c1ccnc(OC2CCCCC2)c1)C(=O)O. The van der Waals surface area contributed by atoms with Gasteiger partial charge in [-0.2, -0.15) is 0 Å². The molecular formula is C17H24N2O4. The van der Waals surface area contributed by atoms with E-state index in [1.165, 1.54) is 12.6 Å². The molecule has 1 fully saturated rings. The van der Waals surface area contributed by atoms with Crippen molar-refractivity contribution in [3.8, 4) is 5.88 Å². The molecule has 1 amide bonds. The highest BCUT2D eigenvalue weighted by Crippen LogP contribution is 2.22. The van der Waals surface area contributed by atoms with Gasteiger partial charge in [0.05, 0.1) is 0 Å². The summed E-state index contributed by atoms with van der Waals surface area (Å²) in [5.41, 5.74) is 0.359. The van der Waals surface area contributed by atoms with Crippen molar-refractivity contribution in [1.82, 2.24) is 10.3 Å². The Balaban J connectivity index is 2.03. The third-order valence-electron chi connectivity index (χ3n) is 4.06. The molecule has 1 atom stereocenters. The molecule has 0 bridgehead atoms. The van der Waals surface area contributed by atoms with Crippen LogP contribution >= 0.6 is 0 Å². The number of pyridine rings is 1. The number of carbonyl (C=O) groups excluding carboxylic acids is 1. The van der Waals surface area contributed by atoms with Crippen LogP contribution < -0.4 is 10.1 Å². The molecule has 2 N–H and O–H groups in total. The lowest BCUT2D eigenvalue weighted by Gasteiger charge is -2.22. The summed E-state index contributed by atoms with van der Waals surface area (Å²) in [5.74, 6) is -1.25. The Bertz CT molecular complexity index is 553. The number of rotatable bonds is 6. The lowest BCUT2D eigenvalue weighted by atomic mass is 9.98. The summed E-state index contributed by atoms with van der Waals surface area (Å²) >= 11 is 0. The zero-order chi connectivity index (χ0) is 16.8. The first kappa shape index (κ1) is 17.2. The fourth-order valence-electron chi connectivity index (χ4n) is 2.71. The Morgan fingerprint density at radius 1 is 1.30 bits per heavy atom. The van der Waals surface area contributed by atoms with Gasteiger partial charge >= 0.3 is 5.97 Å². The molecule has 1 aromatic rings. The molecule has 1 aliphatic carbocycles. The maximum Gasteiger partial charge on any atom is 0.326 e. The number of carbonyl (C=O) groups is 2. The van der Waals surface area contributed by atoms with Crippen molar-refractivity contribution < 1.29 is 19.4 Å². The molecule has 1 heterocycles. The molecule has 126 valence electrons. The first-order valence-electron chi connectivity index (χ1n) is 8.13. The van der Waals surface area contributed by atoms with Crippen molar-refractivity contribution in [2.75, 3.05) is 0 Å². The van der Waals surface area contributed by atoms with E-state index in [0.29, 0.717) is 11.4 Å². The summed E-state index contributed by atoms with van der Waals surface area (Å²) in [6, 6.07) is 2.21. The molecule has 1 saturated carbocycles. The van der Waals surface area contributed by atoms with E-state index in [0.717, 1.165) is 25.7 Å². The van der Waals surface area contributed by atoms with E-state index in [-0.39, 0.29) is 12.0 Å². The van der Waals surface area contributed by atoms with Crippen LogP contribution in [0.2, 0.25) is 0 Å². The zero-order valence-electron chi connectivity index (χ0n) is 13.6. The second-order valence-corrected chi connectivity index (χ2v) is 6.29. The molecule has 1 aliphatic rings. The molecule has 6 nitrogen and oxygen atoms in total. The molecule has 0 aliphatic heterocycles. The van der Waals surface area contributed by atoms with Crippen LogP contribution in [0.5, 0.6) is 5.88 Å². The van der Waals surface area contributed by atoms with E-state index in [1.54, 1.807) is 26.0 Å². The number of carboxylic acid groups (broad SMARTS) is 1. The first-order valence-corrected chi connectivity index (χ1v) is 8.13. The standard InChI is InChI=1S/C17H24N2O4/c1-11(2)15(17(21)22)19-16(20)12-8-9-18-14(10-12)23-13-6-4-3-5-7-13/h8-11,13,15H,3-7H2,1-2H3,(H,19,20)(H,21,22)/t15-/m1/s1. The lowest BCUT2D eigenvalue weighted by molar-refractivity contribution is -0.140. The maximum absolute atomic E-state index is 12.3. The number of carboxylic acids is 1. The van der Waals surface area contributed by atoms with Gasteiger partial charge in [-0.25, -0.2) is 9.78 Å². The van der Waals surface area contributed by atoms with Crippen LogP contribution in [0.3, 0.4) is 0 Å². The highest BCUT2D eigenvalue weighted by Gasteiger charge is 2.24. The van der Waals surface area contributed by atoms with Gasteiger partial charge in [-0.15, -0.1) is 0 Å². The Hall–Kier alpha value is -2.11. The topological polar surface area (TPSA) is 88.5 Å². The first-order chi connectivity index (χ1) is 11.0. The number of nitrogens with one attached hydrogen (secondary N) is 1. The third-order valence-corrected chi connectivity index (χ3v) is 4.06. The Morgan fingerprint density at radius 3 is 2.61 bits per heavy atom. The van der Waals surface area contributed by atoms with Gasteiger partial charge in [0.25, 0.3) is 5.91 Å². The Morgan fingerprint density at radius 2 is 2.00 bits per heavy atom. The Labute approximate surface area is 136 Å². The van der Waals surface area contributed by atoms with Gasteiger partial charge < -0.3 is 15.2 Å². The molecule has 0 radical (unpaired) electrons. The second-order valence-electron chi connectivity index (χ2n) is 6.29. The minimum atomic E-state index is -1.04. The maximum atomic E-state index is 12.3. The number of aliphatic carboxylic acids is 1. The predicted octanol–water partition coefficient (Wildman–Crippen LogP) is 2.63. The van der Waals surface area contributed by atoms with E-state index >= 15 is 0 Å². The molecule has 6 heteroatoms. The van der Waals surface area contributed by atoms with Crippen molar-refractivity contribution in [3.63, 3.8) is 0 Å². The number of nitrogens with zero attached hydrogens (tertiary/aromatic N) is 1. The lowest BCUT2D eigenvalue weighted by Crippen LogP contribution is -2.44. The molecule has 23 heavy (non-hydrogen) atoms. The molecule has 0 spiro atoms. The van der Waals surface area contributed by atoms with Crippen molar-refractivity contribution in [2.24, 2.45) is 5.92 Å². The molecule has 0 aromatic carbocycles. The van der Waals surface area contributed by atoms with Crippen molar-refractivity contribution in [2.45, 2.75) is 58.1 Å².